The molecular formula is C45H38Br2N2. The zero-order chi connectivity index (χ0) is 33.0. The van der Waals surface area contributed by atoms with Gasteiger partial charge in [0.15, 0.2) is 0 Å². The zero-order valence-electron chi connectivity index (χ0n) is 27.5. The first-order valence-electron chi connectivity index (χ1n) is 17.6. The van der Waals surface area contributed by atoms with Crippen molar-refractivity contribution in [2.24, 2.45) is 0 Å². The molecule has 1 aliphatic rings. The van der Waals surface area contributed by atoms with Crippen molar-refractivity contribution < 1.29 is 0 Å². The number of aryl methyl sites for hydroxylation is 2. The lowest BCUT2D eigenvalue weighted by molar-refractivity contribution is 0.397. The van der Waals surface area contributed by atoms with Crippen molar-refractivity contribution in [1.29, 1.82) is 0 Å². The molecule has 1 aliphatic carbocycles. The average molecular weight is 767 g/mol. The van der Waals surface area contributed by atoms with Crippen molar-refractivity contribution in [3.05, 3.63) is 154 Å². The Morgan fingerprint density at radius 3 is 1.12 bits per heavy atom. The molecule has 2 aromatic heterocycles. The topological polar surface area (TPSA) is 9.86 Å². The molecule has 49 heavy (non-hydrogen) atoms. The van der Waals surface area contributed by atoms with Crippen LogP contribution in [0.3, 0.4) is 0 Å². The highest BCUT2D eigenvalue weighted by Gasteiger charge is 2.42. The van der Waals surface area contributed by atoms with E-state index in [9.17, 15) is 0 Å². The van der Waals surface area contributed by atoms with Crippen molar-refractivity contribution in [1.82, 2.24) is 9.13 Å². The van der Waals surface area contributed by atoms with Crippen molar-refractivity contribution in [2.45, 2.75) is 57.0 Å². The summed E-state index contributed by atoms with van der Waals surface area (Å²) in [7, 11) is 0. The summed E-state index contributed by atoms with van der Waals surface area (Å²) in [4.78, 5) is 0. The summed E-state index contributed by atoms with van der Waals surface area (Å²) in [5.41, 5.74) is 11.1. The summed E-state index contributed by atoms with van der Waals surface area (Å²) in [6.07, 6.45) is 6.85. The van der Waals surface area contributed by atoms with Crippen LogP contribution in [0.1, 0.15) is 49.7 Å². The Kier molecular flexibility index (Phi) is 7.97. The molecule has 0 fully saturated rings. The standard InChI is InChI=1S/C45H38Br2N2/c46-31-21-23-33-34-24-22-32(47)30-40(34)45(39(33)29-31,25-9-11-27-48-41-17-5-1-13-35(41)36-14-2-6-18-42(36)48)26-10-12-28-49-43-19-7-3-15-37(43)38-16-4-8-20-44(38)49/h1-8,13-24,29-30H,9-12,25-28H2. The maximum Gasteiger partial charge on any atom is 0.0491 e. The largest absolute Gasteiger partial charge is 0.340 e. The van der Waals surface area contributed by atoms with E-state index in [1.807, 2.05) is 0 Å². The van der Waals surface area contributed by atoms with Gasteiger partial charge in [-0.1, -0.05) is 130 Å². The van der Waals surface area contributed by atoms with Gasteiger partial charge in [-0.3, -0.25) is 0 Å². The third kappa shape index (κ3) is 5.18. The first-order chi connectivity index (χ1) is 24.1. The fraction of sp³-hybridized carbons (Fsp3) is 0.200. The van der Waals surface area contributed by atoms with Gasteiger partial charge in [-0.25, -0.2) is 0 Å². The maximum atomic E-state index is 3.87. The smallest absolute Gasteiger partial charge is 0.0491 e. The zero-order valence-corrected chi connectivity index (χ0v) is 30.7. The predicted octanol–water partition coefficient (Wildman–Crippen LogP) is 13.4. The van der Waals surface area contributed by atoms with Crippen LogP contribution in [0.4, 0.5) is 0 Å². The Balaban J connectivity index is 1.02. The van der Waals surface area contributed by atoms with Gasteiger partial charge in [0.25, 0.3) is 0 Å². The number of hydrogen-bond acceptors (Lipinski definition) is 0. The van der Waals surface area contributed by atoms with Crippen LogP contribution < -0.4 is 0 Å². The molecule has 6 aromatic carbocycles. The summed E-state index contributed by atoms with van der Waals surface area (Å²) < 4.78 is 7.43. The van der Waals surface area contributed by atoms with Gasteiger partial charge >= 0.3 is 0 Å². The average Bonchev–Trinajstić information content (AvgIpc) is 3.72. The van der Waals surface area contributed by atoms with Gasteiger partial charge in [0.05, 0.1) is 0 Å². The van der Waals surface area contributed by atoms with E-state index in [1.54, 1.807) is 0 Å². The van der Waals surface area contributed by atoms with Gasteiger partial charge in [-0.15, -0.1) is 0 Å². The van der Waals surface area contributed by atoms with Crippen LogP contribution in [-0.4, -0.2) is 9.13 Å². The van der Waals surface area contributed by atoms with Gasteiger partial charge in [0.2, 0.25) is 0 Å². The molecule has 2 heterocycles. The maximum absolute atomic E-state index is 3.87. The SMILES string of the molecule is Brc1ccc2c(c1)C(CCCCn1c3ccccc3c3ccccc31)(CCCCn1c3ccccc3c3ccccc31)c1cc(Br)ccc1-2. The third-order valence-corrected chi connectivity index (χ3v) is 12.1. The number of nitrogens with zero attached hydrogens (tertiary/aromatic N) is 2. The minimum Gasteiger partial charge on any atom is -0.340 e. The summed E-state index contributed by atoms with van der Waals surface area (Å²) in [6, 6.07) is 49.5. The molecule has 2 nitrogen and oxygen atoms in total. The fourth-order valence-electron chi connectivity index (χ4n) is 8.99. The predicted molar refractivity (Wildman–Crippen MR) is 215 cm³/mol. The van der Waals surface area contributed by atoms with E-state index in [4.69, 9.17) is 0 Å². The molecule has 9 rings (SSSR count). The van der Waals surface area contributed by atoms with Gasteiger partial charge < -0.3 is 9.13 Å². The molecule has 0 spiro atoms. The highest BCUT2D eigenvalue weighted by molar-refractivity contribution is 9.10. The molecule has 0 saturated carbocycles. The molecule has 242 valence electrons. The Hall–Kier alpha value is -4.12. The van der Waals surface area contributed by atoms with E-state index in [-0.39, 0.29) is 5.41 Å². The van der Waals surface area contributed by atoms with Crippen LogP contribution >= 0.6 is 31.9 Å². The van der Waals surface area contributed by atoms with Crippen LogP contribution in [0.25, 0.3) is 54.7 Å². The van der Waals surface area contributed by atoms with Crippen molar-refractivity contribution >= 4 is 75.5 Å². The highest BCUT2D eigenvalue weighted by atomic mass is 79.9. The quantitative estimate of drug-likeness (QED) is 0.123. The normalized spacial score (nSPS) is 13.5. The van der Waals surface area contributed by atoms with Crippen molar-refractivity contribution in [2.75, 3.05) is 0 Å². The van der Waals surface area contributed by atoms with Gasteiger partial charge in [-0.05, 0) is 96.5 Å². The second kappa shape index (κ2) is 12.6. The molecule has 0 N–H and O–H groups in total. The van der Waals surface area contributed by atoms with Gasteiger partial charge in [-0.2, -0.15) is 0 Å². The summed E-state index contributed by atoms with van der Waals surface area (Å²) in [5.74, 6) is 0. The summed E-state index contributed by atoms with van der Waals surface area (Å²) >= 11 is 7.74. The second-order valence-electron chi connectivity index (χ2n) is 13.7. The lowest BCUT2D eigenvalue weighted by atomic mass is 9.71. The highest BCUT2D eigenvalue weighted by Crippen LogP contribution is 2.55. The minimum absolute atomic E-state index is 0.0279. The molecule has 0 radical (unpaired) electrons. The minimum atomic E-state index is -0.0279. The molecule has 8 aromatic rings. The van der Waals surface area contributed by atoms with E-state index in [1.165, 1.54) is 65.9 Å². The van der Waals surface area contributed by atoms with E-state index < -0.39 is 0 Å². The number of fused-ring (bicyclic) bond motifs is 9. The Morgan fingerprint density at radius 2 is 0.755 bits per heavy atom. The van der Waals surface area contributed by atoms with Crippen LogP contribution in [0, 0.1) is 0 Å². The lowest BCUT2D eigenvalue weighted by Crippen LogP contribution is -2.26. The number of aromatic nitrogens is 2. The molecule has 0 amide bonds. The first-order valence-corrected chi connectivity index (χ1v) is 19.2. The van der Waals surface area contributed by atoms with E-state index in [2.05, 4.69) is 174 Å². The van der Waals surface area contributed by atoms with Crippen molar-refractivity contribution in [3.63, 3.8) is 0 Å². The Morgan fingerprint density at radius 1 is 0.408 bits per heavy atom. The summed E-state index contributed by atoms with van der Waals surface area (Å²) in [6.45, 7) is 2.04. The van der Waals surface area contributed by atoms with Crippen LogP contribution in [-0.2, 0) is 18.5 Å². The van der Waals surface area contributed by atoms with Crippen LogP contribution in [0.15, 0.2) is 142 Å². The molecular weight excluding hydrogens is 728 g/mol. The summed E-state index contributed by atoms with van der Waals surface area (Å²) in [5, 5.41) is 5.41. The van der Waals surface area contributed by atoms with Crippen molar-refractivity contribution in [3.8, 4) is 11.1 Å². The molecule has 0 unspecified atom stereocenters. The van der Waals surface area contributed by atoms with E-state index in [0.717, 1.165) is 60.6 Å². The number of halogens is 2. The monoisotopic (exact) mass is 764 g/mol. The number of hydrogen-bond donors (Lipinski definition) is 0. The first kappa shape index (κ1) is 30.9. The van der Waals surface area contributed by atoms with Crippen LogP contribution in [0.5, 0.6) is 0 Å². The molecule has 4 heteroatoms. The molecule has 0 saturated heterocycles. The lowest BCUT2D eigenvalue weighted by Gasteiger charge is -2.33. The fourth-order valence-corrected chi connectivity index (χ4v) is 9.71. The number of para-hydroxylation sites is 4. The molecule has 0 bridgehead atoms. The second-order valence-corrected chi connectivity index (χ2v) is 15.6. The van der Waals surface area contributed by atoms with E-state index >= 15 is 0 Å². The number of rotatable bonds is 10. The van der Waals surface area contributed by atoms with E-state index in [0.29, 0.717) is 0 Å². The molecule has 0 aliphatic heterocycles. The molecule has 0 atom stereocenters. The Labute approximate surface area is 304 Å². The van der Waals surface area contributed by atoms with Gasteiger partial charge in [0, 0.05) is 71.1 Å². The number of unbranched alkanes of at least 4 members (excludes halogenated alkanes) is 2. The van der Waals surface area contributed by atoms with Gasteiger partial charge in [0.1, 0.15) is 0 Å². The van der Waals surface area contributed by atoms with Crippen LogP contribution in [0.2, 0.25) is 0 Å². The number of benzene rings is 6. The Bertz CT molecular complexity index is 2220. The third-order valence-electron chi connectivity index (χ3n) is 11.1.